The van der Waals surface area contributed by atoms with Crippen LogP contribution >= 0.6 is 15.9 Å². The molecule has 1 aromatic carbocycles. The molecule has 1 aliphatic rings. The smallest absolute Gasteiger partial charge is 0.257 e. The molecule has 132 valence electrons. The van der Waals surface area contributed by atoms with Gasteiger partial charge >= 0.3 is 0 Å². The van der Waals surface area contributed by atoms with Crippen molar-refractivity contribution in [1.29, 1.82) is 0 Å². The number of amides is 1. The number of rotatable bonds is 0. The number of aryl methyl sites for hydroxylation is 1. The second kappa shape index (κ2) is 7.35. The summed E-state index contributed by atoms with van der Waals surface area (Å²) >= 11 is 3.42. The van der Waals surface area contributed by atoms with E-state index in [1.807, 2.05) is 28.8 Å². The summed E-state index contributed by atoms with van der Waals surface area (Å²) in [5, 5.41) is 11.0. The van der Waals surface area contributed by atoms with Gasteiger partial charge in [0.2, 0.25) is 0 Å². The predicted molar refractivity (Wildman–Crippen MR) is 99.6 cm³/mol. The van der Waals surface area contributed by atoms with Gasteiger partial charge in [-0.15, -0.1) is 10.2 Å². The van der Waals surface area contributed by atoms with Crippen LogP contribution < -0.4 is 5.32 Å². The van der Waals surface area contributed by atoms with Crippen LogP contribution in [0.5, 0.6) is 0 Å². The normalized spacial score (nSPS) is 14.7. The van der Waals surface area contributed by atoms with Crippen molar-refractivity contribution in [3.63, 3.8) is 0 Å². The Bertz CT molecular complexity index is 956. The minimum absolute atomic E-state index is 0.229. The number of benzene rings is 1. The molecule has 4 rings (SSSR count). The average Bonchev–Trinajstić information content (AvgIpc) is 3.10. The lowest BCUT2D eigenvalue weighted by molar-refractivity contribution is 0.1000. The third-order valence-electron chi connectivity index (χ3n) is 4.10. The van der Waals surface area contributed by atoms with E-state index in [0.717, 1.165) is 23.0 Å². The van der Waals surface area contributed by atoms with Crippen LogP contribution in [0, 0.1) is 0 Å². The van der Waals surface area contributed by atoms with Crippen LogP contribution in [-0.2, 0) is 17.9 Å². The summed E-state index contributed by atoms with van der Waals surface area (Å²) in [5.41, 5.74) is 2.06. The number of ether oxygens (including phenoxy) is 1. The summed E-state index contributed by atoms with van der Waals surface area (Å²) in [5.74, 6) is 0.903. The van der Waals surface area contributed by atoms with E-state index in [-0.39, 0.29) is 5.91 Å². The monoisotopic (exact) mass is 413 g/mol. The first-order chi connectivity index (χ1) is 12.7. The molecule has 0 saturated carbocycles. The van der Waals surface area contributed by atoms with Gasteiger partial charge in [-0.1, -0.05) is 28.1 Å². The number of nitrogens with zero attached hydrogens (tertiary/aromatic N) is 4. The van der Waals surface area contributed by atoms with E-state index in [0.29, 0.717) is 36.1 Å². The van der Waals surface area contributed by atoms with Crippen LogP contribution in [0.25, 0.3) is 11.5 Å². The SMILES string of the molecule is O=C1Nc2cccc(n2)-c2nncn2CCCOCc2ccc(Br)cc21. The predicted octanol–water partition coefficient (Wildman–Crippen LogP) is 3.28. The molecule has 0 atom stereocenters. The van der Waals surface area contributed by atoms with Crippen LogP contribution in [0.3, 0.4) is 0 Å². The van der Waals surface area contributed by atoms with Gasteiger partial charge in [0.15, 0.2) is 5.82 Å². The maximum atomic E-state index is 12.8. The van der Waals surface area contributed by atoms with Crippen molar-refractivity contribution in [2.45, 2.75) is 19.6 Å². The van der Waals surface area contributed by atoms with Crippen LogP contribution in [0.1, 0.15) is 22.3 Å². The Balaban J connectivity index is 1.74. The molecule has 1 aliphatic heterocycles. The highest BCUT2D eigenvalue weighted by Gasteiger charge is 2.15. The zero-order valence-electron chi connectivity index (χ0n) is 13.9. The lowest BCUT2D eigenvalue weighted by atomic mass is 10.1. The first kappa shape index (κ1) is 16.9. The molecule has 7 nitrogen and oxygen atoms in total. The van der Waals surface area contributed by atoms with Crippen LogP contribution in [0.2, 0.25) is 0 Å². The number of pyridine rings is 1. The van der Waals surface area contributed by atoms with Crippen molar-refractivity contribution in [2.75, 3.05) is 11.9 Å². The fourth-order valence-electron chi connectivity index (χ4n) is 2.83. The summed E-state index contributed by atoms with van der Waals surface area (Å²) in [7, 11) is 0. The fourth-order valence-corrected chi connectivity index (χ4v) is 3.20. The third-order valence-corrected chi connectivity index (χ3v) is 4.59. The molecule has 8 heteroatoms. The zero-order chi connectivity index (χ0) is 17.9. The Morgan fingerprint density at radius 3 is 3.08 bits per heavy atom. The topological polar surface area (TPSA) is 81.9 Å². The van der Waals surface area contributed by atoms with E-state index in [1.54, 1.807) is 18.5 Å². The van der Waals surface area contributed by atoms with E-state index < -0.39 is 0 Å². The van der Waals surface area contributed by atoms with Crippen molar-refractivity contribution in [2.24, 2.45) is 0 Å². The first-order valence-electron chi connectivity index (χ1n) is 8.23. The molecule has 0 radical (unpaired) electrons. The molecule has 0 fully saturated rings. The minimum atomic E-state index is -0.229. The highest BCUT2D eigenvalue weighted by atomic mass is 79.9. The highest BCUT2D eigenvalue weighted by molar-refractivity contribution is 9.10. The largest absolute Gasteiger partial charge is 0.377 e. The maximum Gasteiger partial charge on any atom is 0.257 e. The molecule has 3 heterocycles. The molecule has 0 unspecified atom stereocenters. The van der Waals surface area contributed by atoms with Gasteiger partial charge < -0.3 is 14.6 Å². The fraction of sp³-hybridized carbons (Fsp3) is 0.222. The van der Waals surface area contributed by atoms with Crippen molar-refractivity contribution in [1.82, 2.24) is 19.7 Å². The van der Waals surface area contributed by atoms with Crippen molar-refractivity contribution >= 4 is 27.7 Å². The second-order valence-electron chi connectivity index (χ2n) is 5.92. The van der Waals surface area contributed by atoms with Crippen LogP contribution in [0.15, 0.2) is 47.2 Å². The van der Waals surface area contributed by atoms with Gasteiger partial charge in [-0.2, -0.15) is 0 Å². The minimum Gasteiger partial charge on any atom is -0.377 e. The Kier molecular flexibility index (Phi) is 4.77. The standard InChI is InChI=1S/C18H16BrN5O2/c19-13-6-5-12-10-26-8-2-7-24-11-20-23-17(24)15-3-1-4-16(21-15)22-18(25)14(12)9-13/h1,3-6,9,11H,2,7-8,10H2,(H,21,22,25). The Morgan fingerprint density at radius 1 is 1.23 bits per heavy atom. The molecule has 2 aromatic heterocycles. The molecule has 0 spiro atoms. The third kappa shape index (κ3) is 3.51. The molecule has 2 bridgehead atoms. The number of carbonyl (C=O) groups excluding carboxylic acids is 1. The van der Waals surface area contributed by atoms with Gasteiger partial charge in [-0.25, -0.2) is 4.98 Å². The van der Waals surface area contributed by atoms with E-state index in [2.05, 4.69) is 36.4 Å². The van der Waals surface area contributed by atoms with E-state index in [4.69, 9.17) is 4.74 Å². The van der Waals surface area contributed by atoms with Gasteiger partial charge in [0.25, 0.3) is 5.91 Å². The zero-order valence-corrected chi connectivity index (χ0v) is 15.4. The van der Waals surface area contributed by atoms with Gasteiger partial charge in [0.1, 0.15) is 17.8 Å². The Morgan fingerprint density at radius 2 is 2.15 bits per heavy atom. The second-order valence-corrected chi connectivity index (χ2v) is 6.83. The summed E-state index contributed by atoms with van der Waals surface area (Å²) < 4.78 is 8.54. The number of hydrogen-bond acceptors (Lipinski definition) is 5. The number of anilines is 1. The summed E-state index contributed by atoms with van der Waals surface area (Å²) in [4.78, 5) is 17.3. The summed E-state index contributed by atoms with van der Waals surface area (Å²) in [6.07, 6.45) is 2.49. The quantitative estimate of drug-likeness (QED) is 0.611. The van der Waals surface area contributed by atoms with Crippen LogP contribution in [0.4, 0.5) is 5.82 Å². The van der Waals surface area contributed by atoms with Gasteiger partial charge in [-0.3, -0.25) is 4.79 Å². The van der Waals surface area contributed by atoms with Crippen molar-refractivity contribution in [3.8, 4) is 11.5 Å². The molecule has 26 heavy (non-hydrogen) atoms. The maximum absolute atomic E-state index is 12.8. The lowest BCUT2D eigenvalue weighted by Gasteiger charge is -2.13. The number of halogens is 1. The van der Waals surface area contributed by atoms with E-state index >= 15 is 0 Å². The van der Waals surface area contributed by atoms with Gasteiger partial charge in [0, 0.05) is 23.2 Å². The summed E-state index contributed by atoms with van der Waals surface area (Å²) in [6.45, 7) is 1.68. The molecule has 0 aliphatic carbocycles. The Hall–Kier alpha value is -2.58. The molecule has 1 N–H and O–H groups in total. The van der Waals surface area contributed by atoms with Crippen molar-refractivity contribution < 1.29 is 9.53 Å². The molecule has 1 amide bonds. The van der Waals surface area contributed by atoms with Gasteiger partial charge in [-0.05, 0) is 36.2 Å². The molecular weight excluding hydrogens is 398 g/mol. The van der Waals surface area contributed by atoms with E-state index in [1.165, 1.54) is 0 Å². The van der Waals surface area contributed by atoms with E-state index in [9.17, 15) is 4.79 Å². The molecule has 0 saturated heterocycles. The highest BCUT2D eigenvalue weighted by Crippen LogP contribution is 2.21. The summed E-state index contributed by atoms with van der Waals surface area (Å²) in [6, 6.07) is 11.0. The number of carbonyl (C=O) groups is 1. The van der Waals surface area contributed by atoms with Crippen molar-refractivity contribution in [3.05, 3.63) is 58.3 Å². The van der Waals surface area contributed by atoms with Gasteiger partial charge in [0.05, 0.1) is 6.61 Å². The number of hydrogen-bond donors (Lipinski definition) is 1. The lowest BCUT2D eigenvalue weighted by Crippen LogP contribution is -2.16. The Labute approximate surface area is 158 Å². The van der Waals surface area contributed by atoms with Crippen LogP contribution in [-0.4, -0.2) is 32.3 Å². The molecule has 3 aromatic rings. The number of fused-ring (bicyclic) bond motifs is 5. The number of nitrogens with one attached hydrogen (secondary N) is 1. The first-order valence-corrected chi connectivity index (χ1v) is 9.03. The average molecular weight is 414 g/mol. The number of aromatic nitrogens is 4. The molecular formula is C18H16BrN5O2.